The van der Waals surface area contributed by atoms with Crippen LogP contribution >= 0.6 is 0 Å². The molecule has 0 heterocycles. The van der Waals surface area contributed by atoms with E-state index in [0.29, 0.717) is 13.0 Å². The topological polar surface area (TPSA) is 49.7 Å². The number of aliphatic hydroxyl groups is 2. The van der Waals surface area contributed by atoms with E-state index in [1.54, 1.807) is 0 Å². The minimum atomic E-state index is -0.394. The first-order valence-corrected chi connectivity index (χ1v) is 5.32. The van der Waals surface area contributed by atoms with E-state index < -0.39 is 5.41 Å². The Morgan fingerprint density at radius 3 is 1.86 bits per heavy atom. The van der Waals surface area contributed by atoms with Gasteiger partial charge in [0.2, 0.25) is 0 Å². The van der Waals surface area contributed by atoms with Crippen molar-refractivity contribution in [3.63, 3.8) is 0 Å². The molecule has 3 nitrogen and oxygen atoms in total. The number of ether oxygens (including phenoxy) is 1. The SMILES string of the molecule is CC(C)OCCC(CO)(CO)C(C)C. The Kier molecular flexibility index (Phi) is 6.33. The second-order valence-corrected chi connectivity index (χ2v) is 4.50. The lowest BCUT2D eigenvalue weighted by Gasteiger charge is -2.34. The molecule has 0 rings (SSSR count). The van der Waals surface area contributed by atoms with Crippen LogP contribution in [0.5, 0.6) is 0 Å². The Balaban J connectivity index is 4.08. The van der Waals surface area contributed by atoms with Crippen molar-refractivity contribution in [1.29, 1.82) is 0 Å². The van der Waals surface area contributed by atoms with Gasteiger partial charge in [0.25, 0.3) is 0 Å². The summed E-state index contributed by atoms with van der Waals surface area (Å²) in [4.78, 5) is 0. The minimum Gasteiger partial charge on any atom is -0.396 e. The molecule has 0 radical (unpaired) electrons. The maximum atomic E-state index is 9.30. The van der Waals surface area contributed by atoms with Crippen LogP contribution in [0.25, 0.3) is 0 Å². The van der Waals surface area contributed by atoms with Crippen LogP contribution in [0.15, 0.2) is 0 Å². The number of aliphatic hydroxyl groups excluding tert-OH is 2. The van der Waals surface area contributed by atoms with Gasteiger partial charge in [-0.1, -0.05) is 13.8 Å². The highest BCUT2D eigenvalue weighted by Crippen LogP contribution is 2.30. The third-order valence-corrected chi connectivity index (χ3v) is 2.91. The Hall–Kier alpha value is -0.120. The van der Waals surface area contributed by atoms with Crippen LogP contribution in [0.4, 0.5) is 0 Å². The highest BCUT2D eigenvalue weighted by molar-refractivity contribution is 4.81. The highest BCUT2D eigenvalue weighted by atomic mass is 16.5. The second-order valence-electron chi connectivity index (χ2n) is 4.50. The summed E-state index contributed by atoms with van der Waals surface area (Å²) in [5.41, 5.74) is -0.394. The largest absolute Gasteiger partial charge is 0.396 e. The van der Waals surface area contributed by atoms with E-state index in [0.717, 1.165) is 0 Å². The normalized spacial score (nSPS) is 12.9. The van der Waals surface area contributed by atoms with Crippen LogP contribution in [-0.4, -0.2) is 36.1 Å². The van der Waals surface area contributed by atoms with Crippen LogP contribution in [0.2, 0.25) is 0 Å². The molecule has 0 saturated carbocycles. The van der Waals surface area contributed by atoms with E-state index in [9.17, 15) is 10.2 Å². The summed E-state index contributed by atoms with van der Waals surface area (Å²) in [7, 11) is 0. The lowest BCUT2D eigenvalue weighted by atomic mass is 9.76. The quantitative estimate of drug-likeness (QED) is 0.659. The van der Waals surface area contributed by atoms with Crippen molar-refractivity contribution in [3.8, 4) is 0 Å². The molecule has 0 unspecified atom stereocenters. The van der Waals surface area contributed by atoms with Gasteiger partial charge >= 0.3 is 0 Å². The molecule has 0 aromatic heterocycles. The molecule has 86 valence electrons. The average Bonchev–Trinajstić information content (AvgIpc) is 2.12. The maximum absolute atomic E-state index is 9.30. The van der Waals surface area contributed by atoms with Gasteiger partial charge in [-0.15, -0.1) is 0 Å². The van der Waals surface area contributed by atoms with Crippen molar-refractivity contribution >= 4 is 0 Å². The van der Waals surface area contributed by atoms with Crippen LogP contribution in [0.3, 0.4) is 0 Å². The fraction of sp³-hybridized carbons (Fsp3) is 1.00. The fourth-order valence-corrected chi connectivity index (χ4v) is 1.36. The van der Waals surface area contributed by atoms with E-state index in [4.69, 9.17) is 4.74 Å². The number of rotatable bonds is 7. The zero-order valence-corrected chi connectivity index (χ0v) is 9.79. The first-order chi connectivity index (χ1) is 6.48. The summed E-state index contributed by atoms with van der Waals surface area (Å²) in [5.74, 6) is 0.258. The zero-order valence-electron chi connectivity index (χ0n) is 9.79. The monoisotopic (exact) mass is 204 g/mol. The molecular weight excluding hydrogens is 180 g/mol. The van der Waals surface area contributed by atoms with Gasteiger partial charge in [-0.2, -0.15) is 0 Å². The smallest absolute Gasteiger partial charge is 0.0518 e. The first kappa shape index (κ1) is 13.9. The third-order valence-electron chi connectivity index (χ3n) is 2.91. The van der Waals surface area contributed by atoms with Crippen molar-refractivity contribution in [2.45, 2.75) is 40.2 Å². The second kappa shape index (κ2) is 6.38. The molecule has 3 heteroatoms. The van der Waals surface area contributed by atoms with Crippen molar-refractivity contribution in [3.05, 3.63) is 0 Å². The molecule has 0 aromatic carbocycles. The molecular formula is C11H24O3. The van der Waals surface area contributed by atoms with E-state index in [1.807, 2.05) is 27.7 Å². The van der Waals surface area contributed by atoms with Gasteiger partial charge in [0, 0.05) is 12.0 Å². The van der Waals surface area contributed by atoms with E-state index >= 15 is 0 Å². The van der Waals surface area contributed by atoms with Gasteiger partial charge in [0.1, 0.15) is 0 Å². The van der Waals surface area contributed by atoms with Gasteiger partial charge in [0.05, 0.1) is 19.3 Å². The zero-order chi connectivity index (χ0) is 11.2. The summed E-state index contributed by atoms with van der Waals surface area (Å²) in [6.07, 6.45) is 0.910. The van der Waals surface area contributed by atoms with Gasteiger partial charge in [-0.3, -0.25) is 0 Å². The molecule has 0 spiro atoms. The van der Waals surface area contributed by atoms with Crippen LogP contribution in [0.1, 0.15) is 34.1 Å². The highest BCUT2D eigenvalue weighted by Gasteiger charge is 2.32. The van der Waals surface area contributed by atoms with E-state index in [2.05, 4.69) is 0 Å². The summed E-state index contributed by atoms with van der Waals surface area (Å²) >= 11 is 0. The molecule has 0 aromatic rings. The molecule has 0 atom stereocenters. The molecule has 0 saturated heterocycles. The van der Waals surface area contributed by atoms with Gasteiger partial charge in [-0.05, 0) is 26.2 Å². The van der Waals surface area contributed by atoms with Gasteiger partial charge < -0.3 is 14.9 Å². The Morgan fingerprint density at radius 1 is 1.07 bits per heavy atom. The summed E-state index contributed by atoms with van der Waals surface area (Å²) in [6, 6.07) is 0. The van der Waals surface area contributed by atoms with E-state index in [1.165, 1.54) is 0 Å². The molecule has 0 bridgehead atoms. The molecule has 0 aliphatic rings. The molecule has 14 heavy (non-hydrogen) atoms. The first-order valence-electron chi connectivity index (χ1n) is 5.32. The molecule has 0 aliphatic carbocycles. The number of hydrogen-bond donors (Lipinski definition) is 2. The van der Waals surface area contributed by atoms with Crippen LogP contribution in [0, 0.1) is 11.3 Å². The lowest BCUT2D eigenvalue weighted by molar-refractivity contribution is -0.0250. The predicted octanol–water partition coefficient (Wildman–Crippen LogP) is 1.43. The molecule has 0 aliphatic heterocycles. The predicted molar refractivity (Wildman–Crippen MR) is 57.1 cm³/mol. The Bertz CT molecular complexity index is 139. The van der Waals surface area contributed by atoms with Crippen molar-refractivity contribution < 1.29 is 14.9 Å². The van der Waals surface area contributed by atoms with Crippen LogP contribution in [-0.2, 0) is 4.74 Å². The fourth-order valence-electron chi connectivity index (χ4n) is 1.36. The third kappa shape index (κ3) is 3.95. The van der Waals surface area contributed by atoms with Crippen molar-refractivity contribution in [2.75, 3.05) is 19.8 Å². The Labute approximate surface area is 87.1 Å². The molecule has 0 fully saturated rings. The lowest BCUT2D eigenvalue weighted by Crippen LogP contribution is -2.36. The maximum Gasteiger partial charge on any atom is 0.0518 e. The van der Waals surface area contributed by atoms with E-state index in [-0.39, 0.29) is 25.2 Å². The van der Waals surface area contributed by atoms with Gasteiger partial charge in [0.15, 0.2) is 0 Å². The molecule has 2 N–H and O–H groups in total. The number of hydrogen-bond acceptors (Lipinski definition) is 3. The Morgan fingerprint density at radius 2 is 1.57 bits per heavy atom. The summed E-state index contributed by atoms with van der Waals surface area (Å²) in [5, 5.41) is 18.6. The molecule has 0 amide bonds. The summed E-state index contributed by atoms with van der Waals surface area (Å²) in [6.45, 7) is 8.62. The van der Waals surface area contributed by atoms with Crippen molar-refractivity contribution in [2.24, 2.45) is 11.3 Å². The van der Waals surface area contributed by atoms with Crippen LogP contribution < -0.4 is 0 Å². The standard InChI is InChI=1S/C11H24O3/c1-9(2)11(7-12,8-13)5-6-14-10(3)4/h9-10,12-13H,5-8H2,1-4H3. The summed E-state index contributed by atoms with van der Waals surface area (Å²) < 4.78 is 5.43. The average molecular weight is 204 g/mol. The minimum absolute atomic E-state index is 0.0165. The van der Waals surface area contributed by atoms with Crippen molar-refractivity contribution in [1.82, 2.24) is 0 Å². The van der Waals surface area contributed by atoms with Gasteiger partial charge in [-0.25, -0.2) is 0 Å².